The van der Waals surface area contributed by atoms with Crippen LogP contribution in [-0.2, 0) is 28.6 Å². The number of ether oxygens (including phenoxy) is 1. The molecule has 1 unspecified atom stereocenters. The molecule has 2 aliphatic rings. The molecule has 6 nitrogen and oxygen atoms in total. The van der Waals surface area contributed by atoms with Crippen molar-refractivity contribution in [1.29, 1.82) is 0 Å². The second-order valence-electron chi connectivity index (χ2n) is 6.92. The molecule has 1 aromatic carbocycles. The van der Waals surface area contributed by atoms with Crippen molar-refractivity contribution in [3.05, 3.63) is 36.2 Å². The van der Waals surface area contributed by atoms with E-state index in [4.69, 9.17) is 4.74 Å². The normalized spacial score (nSPS) is 17.5. The Morgan fingerprint density at radius 3 is 3.04 bits per heavy atom. The van der Waals surface area contributed by atoms with Gasteiger partial charge in [0.1, 0.15) is 5.75 Å². The van der Waals surface area contributed by atoms with Crippen molar-refractivity contribution in [3.8, 4) is 5.75 Å². The molecule has 2 heterocycles. The molecule has 138 valence electrons. The first kappa shape index (κ1) is 17.3. The Morgan fingerprint density at radius 1 is 1.31 bits per heavy atom. The van der Waals surface area contributed by atoms with Crippen LogP contribution in [0.3, 0.4) is 0 Å². The number of nitrogens with zero attached hydrogens (tertiary/aromatic N) is 2. The Hall–Kier alpha value is -2.15. The van der Waals surface area contributed by atoms with Gasteiger partial charge in [-0.3, -0.25) is 9.00 Å². The molecule has 1 N–H and O–H groups in total. The van der Waals surface area contributed by atoms with Crippen LogP contribution in [0, 0.1) is 5.92 Å². The molecule has 7 heteroatoms. The molecule has 2 aromatic rings. The predicted molar refractivity (Wildman–Crippen MR) is 99.7 cm³/mol. The summed E-state index contributed by atoms with van der Waals surface area (Å²) < 4.78 is 20.3. The lowest BCUT2D eigenvalue weighted by Gasteiger charge is -2.17. The average molecular weight is 373 g/mol. The molecular formula is C19H23N3O3S. The first-order valence-corrected chi connectivity index (χ1v) is 10.5. The third-order valence-electron chi connectivity index (χ3n) is 4.75. The Morgan fingerprint density at radius 2 is 2.19 bits per heavy atom. The zero-order valence-electron chi connectivity index (χ0n) is 14.6. The molecule has 0 radical (unpaired) electrons. The molecular weight excluding hydrogens is 350 g/mol. The lowest BCUT2D eigenvalue weighted by atomic mass is 10.0. The monoisotopic (exact) mass is 373 g/mol. The van der Waals surface area contributed by atoms with Crippen LogP contribution in [-0.4, -0.2) is 32.0 Å². The smallest absolute Gasteiger partial charge is 0.224 e. The number of aryl methyl sites for hydroxylation is 1. The highest BCUT2D eigenvalue weighted by molar-refractivity contribution is 7.84. The Kier molecular flexibility index (Phi) is 5.06. The summed E-state index contributed by atoms with van der Waals surface area (Å²) >= 11 is 0. The first-order chi connectivity index (χ1) is 12.7. The number of amides is 1. The Labute approximate surface area is 155 Å². The number of benzene rings is 1. The van der Waals surface area contributed by atoms with Crippen LogP contribution in [0.15, 0.2) is 35.7 Å². The van der Waals surface area contributed by atoms with Crippen LogP contribution in [0.4, 0.5) is 5.69 Å². The van der Waals surface area contributed by atoms with Gasteiger partial charge >= 0.3 is 0 Å². The van der Waals surface area contributed by atoms with E-state index in [0.29, 0.717) is 30.4 Å². The van der Waals surface area contributed by atoms with Crippen LogP contribution < -0.4 is 10.1 Å². The van der Waals surface area contributed by atoms with Crippen molar-refractivity contribution < 1.29 is 13.7 Å². The van der Waals surface area contributed by atoms with Gasteiger partial charge in [0.05, 0.1) is 17.4 Å². The number of carbonyl (C=O) groups excluding carboxylic acids is 1. The van der Waals surface area contributed by atoms with Crippen molar-refractivity contribution >= 4 is 22.4 Å². The van der Waals surface area contributed by atoms with Crippen LogP contribution >= 0.6 is 0 Å². The highest BCUT2D eigenvalue weighted by Gasteiger charge is 2.23. The van der Waals surface area contributed by atoms with Gasteiger partial charge in [-0.15, -0.1) is 0 Å². The number of aromatic nitrogens is 2. The van der Waals surface area contributed by atoms with E-state index in [1.807, 2.05) is 29.0 Å². The van der Waals surface area contributed by atoms with Gasteiger partial charge < -0.3 is 14.6 Å². The second-order valence-corrected chi connectivity index (χ2v) is 8.39. The van der Waals surface area contributed by atoms with E-state index in [1.165, 1.54) is 12.8 Å². The molecule has 1 aliphatic heterocycles. The topological polar surface area (TPSA) is 73.2 Å². The summed E-state index contributed by atoms with van der Waals surface area (Å²) in [7, 11) is -1.09. The molecule has 26 heavy (non-hydrogen) atoms. The molecule has 1 atom stereocenters. The molecule has 1 aromatic heterocycles. The zero-order valence-corrected chi connectivity index (χ0v) is 15.5. The summed E-state index contributed by atoms with van der Waals surface area (Å²) in [6.45, 7) is 1.45. The molecule has 0 bridgehead atoms. The highest BCUT2D eigenvalue weighted by Crippen LogP contribution is 2.31. The average Bonchev–Trinajstić information content (AvgIpc) is 3.33. The fourth-order valence-corrected chi connectivity index (χ4v) is 4.28. The van der Waals surface area contributed by atoms with E-state index in [-0.39, 0.29) is 5.91 Å². The number of imidazole rings is 1. The summed E-state index contributed by atoms with van der Waals surface area (Å²) in [5, 5.41) is 3.55. The number of carbonyl (C=O) groups is 1. The SMILES string of the molecule is O=C1CCc2cc(OCCCS(=O)c3nccn3CC3CC3)ccc2N1. The third kappa shape index (κ3) is 4.15. The number of hydrogen-bond donors (Lipinski definition) is 1. The third-order valence-corrected chi connectivity index (χ3v) is 6.15. The number of anilines is 1. The fraction of sp³-hybridized carbons (Fsp3) is 0.474. The van der Waals surface area contributed by atoms with Gasteiger partial charge in [-0.1, -0.05) is 0 Å². The maximum atomic E-state index is 12.5. The second kappa shape index (κ2) is 7.61. The molecule has 1 amide bonds. The van der Waals surface area contributed by atoms with Crippen LogP contribution in [0.5, 0.6) is 5.75 Å². The van der Waals surface area contributed by atoms with E-state index in [2.05, 4.69) is 10.3 Å². The van der Waals surface area contributed by atoms with Gasteiger partial charge in [-0.25, -0.2) is 4.98 Å². The zero-order chi connectivity index (χ0) is 17.9. The summed E-state index contributed by atoms with van der Waals surface area (Å²) in [6, 6.07) is 5.73. The van der Waals surface area contributed by atoms with Crippen molar-refractivity contribution in [2.24, 2.45) is 5.92 Å². The molecule has 1 fully saturated rings. The van der Waals surface area contributed by atoms with Gasteiger partial charge in [0.15, 0.2) is 5.16 Å². The highest BCUT2D eigenvalue weighted by atomic mass is 32.2. The number of rotatable bonds is 8. The molecule has 4 rings (SSSR count). The first-order valence-electron chi connectivity index (χ1n) is 9.14. The maximum absolute atomic E-state index is 12.5. The van der Waals surface area contributed by atoms with Gasteiger partial charge in [-0.05, 0) is 55.4 Å². The maximum Gasteiger partial charge on any atom is 0.224 e. The van der Waals surface area contributed by atoms with Crippen molar-refractivity contribution in [2.45, 2.75) is 43.8 Å². The van der Waals surface area contributed by atoms with E-state index in [0.717, 1.165) is 35.9 Å². The lowest BCUT2D eigenvalue weighted by Crippen LogP contribution is -2.18. The van der Waals surface area contributed by atoms with Gasteiger partial charge in [0, 0.05) is 36.8 Å². The minimum atomic E-state index is -1.09. The predicted octanol–water partition coefficient (Wildman–Crippen LogP) is 2.75. The van der Waals surface area contributed by atoms with E-state index >= 15 is 0 Å². The van der Waals surface area contributed by atoms with Crippen LogP contribution in [0.1, 0.15) is 31.2 Å². The van der Waals surface area contributed by atoms with Crippen molar-refractivity contribution in [3.63, 3.8) is 0 Å². The standard InChI is InChI=1S/C19H23N3O3S/c23-18-7-4-15-12-16(5-6-17(15)21-18)25-10-1-11-26(24)19-20-8-9-22(19)13-14-2-3-14/h5-6,8-9,12,14H,1-4,7,10-11,13H2,(H,21,23). The van der Waals surface area contributed by atoms with E-state index in [1.54, 1.807) is 6.20 Å². The molecule has 1 saturated carbocycles. The Bertz CT molecular complexity index is 829. The molecule has 1 aliphatic carbocycles. The van der Waals surface area contributed by atoms with Gasteiger partial charge in [0.25, 0.3) is 0 Å². The minimum absolute atomic E-state index is 0.0636. The minimum Gasteiger partial charge on any atom is -0.494 e. The van der Waals surface area contributed by atoms with E-state index < -0.39 is 10.8 Å². The number of hydrogen-bond acceptors (Lipinski definition) is 4. The lowest BCUT2D eigenvalue weighted by molar-refractivity contribution is -0.116. The van der Waals surface area contributed by atoms with Crippen LogP contribution in [0.2, 0.25) is 0 Å². The fourth-order valence-electron chi connectivity index (χ4n) is 3.14. The van der Waals surface area contributed by atoms with Crippen molar-refractivity contribution in [1.82, 2.24) is 9.55 Å². The van der Waals surface area contributed by atoms with Gasteiger partial charge in [-0.2, -0.15) is 0 Å². The largest absolute Gasteiger partial charge is 0.494 e. The molecule has 0 saturated heterocycles. The van der Waals surface area contributed by atoms with Crippen LogP contribution in [0.25, 0.3) is 0 Å². The number of fused-ring (bicyclic) bond motifs is 1. The summed E-state index contributed by atoms with van der Waals surface area (Å²) in [6.07, 6.45) is 8.16. The summed E-state index contributed by atoms with van der Waals surface area (Å²) in [5.41, 5.74) is 1.98. The summed E-state index contributed by atoms with van der Waals surface area (Å²) in [5.74, 6) is 2.13. The quantitative estimate of drug-likeness (QED) is 0.722. The Balaban J connectivity index is 1.25. The number of nitrogens with one attached hydrogen (secondary N) is 1. The molecule has 0 spiro atoms. The van der Waals surface area contributed by atoms with Gasteiger partial charge in [0.2, 0.25) is 5.91 Å². The van der Waals surface area contributed by atoms with E-state index in [9.17, 15) is 9.00 Å². The van der Waals surface area contributed by atoms with Crippen molar-refractivity contribution in [2.75, 3.05) is 17.7 Å². The summed E-state index contributed by atoms with van der Waals surface area (Å²) in [4.78, 5) is 15.7.